The molecule has 186 valence electrons. The first-order chi connectivity index (χ1) is 15.9. The molecule has 4 aliphatic rings. The average molecular weight is 548 g/mol. The van der Waals surface area contributed by atoms with Crippen molar-refractivity contribution in [1.29, 1.82) is 0 Å². The number of thioether (sulfide) groups is 1. The summed E-state index contributed by atoms with van der Waals surface area (Å²) in [5, 5.41) is 15.9. The molecule has 0 saturated carbocycles. The van der Waals surface area contributed by atoms with Crippen LogP contribution in [0, 0.1) is 11.8 Å². The summed E-state index contributed by atoms with van der Waals surface area (Å²) in [7, 11) is 0. The zero-order valence-corrected chi connectivity index (χ0v) is 21.7. The first kappa shape index (κ1) is 25.2. The highest BCUT2D eigenvalue weighted by molar-refractivity contribution is 9.09. The van der Waals surface area contributed by atoms with E-state index in [9.17, 15) is 19.5 Å². The number of halogens is 1. The Labute approximate surface area is 207 Å². The van der Waals surface area contributed by atoms with Crippen LogP contribution in [0.2, 0.25) is 0 Å². The third kappa shape index (κ3) is 4.44. The molecule has 4 fully saturated rings. The van der Waals surface area contributed by atoms with Gasteiger partial charge in [-0.15, -0.1) is 11.8 Å². The van der Waals surface area contributed by atoms with E-state index in [2.05, 4.69) is 31.5 Å². The lowest BCUT2D eigenvalue weighted by Gasteiger charge is -2.36. The number of likely N-dealkylation sites (tertiary alicyclic amines) is 1. The van der Waals surface area contributed by atoms with E-state index in [1.165, 1.54) is 0 Å². The van der Waals surface area contributed by atoms with Crippen molar-refractivity contribution < 1.29 is 24.2 Å². The summed E-state index contributed by atoms with van der Waals surface area (Å²) in [6.45, 7) is 8.38. The first-order valence-corrected chi connectivity index (χ1v) is 13.8. The smallest absolute Gasteiger partial charge is 0.244 e. The number of fused-ring (bicyclic) bond motifs is 1. The van der Waals surface area contributed by atoms with Gasteiger partial charge in [0.1, 0.15) is 6.04 Å². The zero-order chi connectivity index (χ0) is 23.8. The topological polar surface area (TPSA) is 111 Å². The maximum atomic E-state index is 13.7. The standard InChI is InChI=1S/C22H35BrN4O5S/c1-3-4-24-19(29)15-16-21(31)27(13(2)12-28)18(22(16)11-14(23)17(15)33-22)20(30)25-5-6-26-7-9-32-10-8-26/h13-18,28H,3-12H2,1-2H3,(H,24,29)(H,25,30)/t13-,14?,15+,16+,17+,18?,22?/m1/s1. The number of aliphatic hydroxyl groups is 1. The van der Waals surface area contributed by atoms with Crippen molar-refractivity contribution in [3.05, 3.63) is 0 Å². The van der Waals surface area contributed by atoms with Gasteiger partial charge in [-0.3, -0.25) is 19.3 Å². The van der Waals surface area contributed by atoms with Crippen LogP contribution in [0.4, 0.5) is 0 Å². The molecule has 33 heavy (non-hydrogen) atoms. The fraction of sp³-hybridized carbons (Fsp3) is 0.864. The maximum Gasteiger partial charge on any atom is 0.244 e. The van der Waals surface area contributed by atoms with Gasteiger partial charge in [0.25, 0.3) is 0 Å². The Balaban J connectivity index is 1.56. The molecule has 4 aliphatic heterocycles. The quantitative estimate of drug-likeness (QED) is 0.343. The van der Waals surface area contributed by atoms with Crippen LogP contribution in [-0.2, 0) is 19.1 Å². The number of carbonyl (C=O) groups excluding carboxylic acids is 3. The third-order valence-electron chi connectivity index (χ3n) is 7.40. The second kappa shape index (κ2) is 10.4. The van der Waals surface area contributed by atoms with E-state index in [0.29, 0.717) is 32.7 Å². The number of hydrogen-bond acceptors (Lipinski definition) is 7. The van der Waals surface area contributed by atoms with Crippen molar-refractivity contribution in [3.8, 4) is 0 Å². The lowest BCUT2D eigenvalue weighted by Crippen LogP contribution is -2.57. The minimum Gasteiger partial charge on any atom is -0.394 e. The van der Waals surface area contributed by atoms with Crippen LogP contribution in [0.3, 0.4) is 0 Å². The molecule has 3 unspecified atom stereocenters. The van der Waals surface area contributed by atoms with Gasteiger partial charge in [0.2, 0.25) is 17.7 Å². The Kier molecular flexibility index (Phi) is 7.94. The number of amides is 3. The lowest BCUT2D eigenvalue weighted by molar-refractivity contribution is -0.142. The molecule has 4 rings (SSSR count). The second-order valence-corrected chi connectivity index (χ2v) is 12.2. The van der Waals surface area contributed by atoms with Gasteiger partial charge in [-0.2, -0.15) is 0 Å². The molecule has 4 heterocycles. The molecule has 7 atom stereocenters. The molecule has 11 heteroatoms. The molecule has 0 aromatic carbocycles. The van der Waals surface area contributed by atoms with Gasteiger partial charge in [0.15, 0.2) is 0 Å². The molecule has 0 aromatic heterocycles. The maximum absolute atomic E-state index is 13.7. The molecule has 1 spiro atoms. The summed E-state index contributed by atoms with van der Waals surface area (Å²) in [5.41, 5.74) is 0. The Bertz CT molecular complexity index is 769. The summed E-state index contributed by atoms with van der Waals surface area (Å²) >= 11 is 5.37. The van der Waals surface area contributed by atoms with Gasteiger partial charge in [-0.25, -0.2) is 0 Å². The number of ether oxygens (including phenoxy) is 1. The molecule has 9 nitrogen and oxygen atoms in total. The van der Waals surface area contributed by atoms with Crippen molar-refractivity contribution in [1.82, 2.24) is 20.4 Å². The van der Waals surface area contributed by atoms with E-state index in [0.717, 1.165) is 26.1 Å². The van der Waals surface area contributed by atoms with E-state index in [4.69, 9.17) is 4.74 Å². The molecule has 0 aliphatic carbocycles. The van der Waals surface area contributed by atoms with Crippen LogP contribution in [0.25, 0.3) is 0 Å². The molecule has 2 bridgehead atoms. The minimum atomic E-state index is -0.708. The molecule has 3 amide bonds. The van der Waals surface area contributed by atoms with Crippen LogP contribution in [0.15, 0.2) is 0 Å². The largest absolute Gasteiger partial charge is 0.394 e. The van der Waals surface area contributed by atoms with Crippen LogP contribution in [0.1, 0.15) is 26.7 Å². The van der Waals surface area contributed by atoms with E-state index >= 15 is 0 Å². The summed E-state index contributed by atoms with van der Waals surface area (Å²) < 4.78 is 4.71. The number of aliphatic hydroxyl groups excluding tert-OH is 1. The van der Waals surface area contributed by atoms with Crippen molar-refractivity contribution in [2.45, 2.75) is 53.6 Å². The molecule has 3 N–H and O–H groups in total. The highest BCUT2D eigenvalue weighted by atomic mass is 79.9. The summed E-state index contributed by atoms with van der Waals surface area (Å²) in [6, 6.07) is -1.21. The van der Waals surface area contributed by atoms with Gasteiger partial charge >= 0.3 is 0 Å². The first-order valence-electron chi connectivity index (χ1n) is 12.0. The second-order valence-electron chi connectivity index (χ2n) is 9.48. The monoisotopic (exact) mass is 546 g/mol. The number of carbonyl (C=O) groups is 3. The Morgan fingerprint density at radius 2 is 1.97 bits per heavy atom. The van der Waals surface area contributed by atoms with Crippen molar-refractivity contribution in [2.75, 3.05) is 52.5 Å². The van der Waals surface area contributed by atoms with Gasteiger partial charge in [-0.1, -0.05) is 22.9 Å². The van der Waals surface area contributed by atoms with Crippen molar-refractivity contribution >= 4 is 45.4 Å². The number of morpholine rings is 1. The van der Waals surface area contributed by atoms with Crippen LogP contribution in [0.5, 0.6) is 0 Å². The molecular formula is C22H35BrN4O5S. The van der Waals surface area contributed by atoms with Crippen LogP contribution >= 0.6 is 27.7 Å². The normalized spacial score (nSPS) is 36.7. The highest BCUT2D eigenvalue weighted by Gasteiger charge is 2.75. The van der Waals surface area contributed by atoms with Crippen molar-refractivity contribution in [2.24, 2.45) is 11.8 Å². The van der Waals surface area contributed by atoms with E-state index in [-0.39, 0.29) is 34.4 Å². The van der Waals surface area contributed by atoms with E-state index in [1.807, 2.05) is 6.92 Å². The number of nitrogens with one attached hydrogen (secondary N) is 2. The SMILES string of the molecule is CCCNC(=O)[C@H]1[C@H]2C(=O)N([C@H](C)CO)C(C(=O)NCCN3CCOCC3)C23CC(Br)[C@@H]1S3. The summed E-state index contributed by atoms with van der Waals surface area (Å²) in [5.74, 6) is -1.52. The fourth-order valence-corrected chi connectivity index (χ4v) is 9.45. The van der Waals surface area contributed by atoms with Gasteiger partial charge in [0, 0.05) is 42.8 Å². The summed E-state index contributed by atoms with van der Waals surface area (Å²) in [4.78, 5) is 44.3. The van der Waals surface area contributed by atoms with Gasteiger partial charge in [-0.05, 0) is 19.8 Å². The average Bonchev–Trinajstić information content (AvgIpc) is 3.41. The van der Waals surface area contributed by atoms with Crippen LogP contribution < -0.4 is 10.6 Å². The molecule has 0 aromatic rings. The number of hydrogen-bond donors (Lipinski definition) is 3. The Morgan fingerprint density at radius 3 is 2.64 bits per heavy atom. The zero-order valence-electron chi connectivity index (χ0n) is 19.3. The fourth-order valence-electron chi connectivity index (χ4n) is 5.85. The third-order valence-corrected chi connectivity index (χ3v) is 10.6. The molecular weight excluding hydrogens is 512 g/mol. The lowest BCUT2D eigenvalue weighted by atomic mass is 9.70. The van der Waals surface area contributed by atoms with E-state index in [1.54, 1.807) is 23.6 Å². The number of nitrogens with zero attached hydrogens (tertiary/aromatic N) is 2. The Hall–Kier alpha value is -0.880. The predicted octanol–water partition coefficient (Wildman–Crippen LogP) is -0.194. The van der Waals surface area contributed by atoms with Crippen LogP contribution in [-0.4, -0.2) is 112 Å². The van der Waals surface area contributed by atoms with Crippen molar-refractivity contribution in [3.63, 3.8) is 0 Å². The molecule has 0 radical (unpaired) electrons. The van der Waals surface area contributed by atoms with Gasteiger partial charge < -0.3 is 25.4 Å². The minimum absolute atomic E-state index is 0.0500. The summed E-state index contributed by atoms with van der Waals surface area (Å²) in [6.07, 6.45) is 1.46. The molecule has 4 saturated heterocycles. The predicted molar refractivity (Wildman–Crippen MR) is 129 cm³/mol. The highest BCUT2D eigenvalue weighted by Crippen LogP contribution is 2.67. The van der Waals surface area contributed by atoms with E-state index < -0.39 is 28.7 Å². The number of alkyl halides is 1. The van der Waals surface area contributed by atoms with Gasteiger partial charge in [0.05, 0.1) is 42.4 Å². The Morgan fingerprint density at radius 1 is 1.27 bits per heavy atom. The number of rotatable bonds is 9.